The quantitative estimate of drug-likeness (QED) is 0.329. The lowest BCUT2D eigenvalue weighted by molar-refractivity contribution is 0.622. The minimum Gasteiger partial charge on any atom is -0.318 e. The first-order valence-electron chi connectivity index (χ1n) is 0.949. The molecule has 0 saturated heterocycles. The predicted octanol–water partition coefficient (Wildman–Crippen LogP) is -1.17. The van der Waals surface area contributed by atoms with Gasteiger partial charge in [0.1, 0.15) is 10.6 Å². The van der Waals surface area contributed by atoms with E-state index in [0.717, 1.165) is 0 Å². The Morgan fingerprint density at radius 1 is 1.60 bits per heavy atom. The lowest BCUT2D eigenvalue weighted by Gasteiger charge is -1.52. The molecule has 0 aliphatic heterocycles. The highest BCUT2D eigenvalue weighted by Gasteiger charge is 1.79. The molecule has 0 heterocycles. The van der Waals surface area contributed by atoms with Gasteiger partial charge >= 0.3 is 6.84 Å². The maximum Gasteiger partial charge on any atom is 0.465 e. The van der Waals surface area contributed by atoms with Crippen molar-refractivity contribution in [3.63, 3.8) is 0 Å². The molecule has 0 radical (unpaired) electrons. The minimum atomic E-state index is -2.76. The van der Waals surface area contributed by atoms with Gasteiger partial charge in [-0.25, -0.2) is 8.42 Å². The molecule has 5 heteroatoms. The molecule has 0 fully saturated rings. The third kappa shape index (κ3) is 3.94. The lowest BCUT2D eigenvalue weighted by Crippen LogP contribution is -1.77. The Bertz CT molecular complexity index is 67.7. The van der Waals surface area contributed by atoms with Gasteiger partial charge < -0.3 is 4.32 Å². The van der Waals surface area contributed by atoms with E-state index in [1.54, 1.807) is 0 Å². The zero-order valence-electron chi connectivity index (χ0n) is 2.35. The number of hydrogen-bond donors (Lipinski definition) is 1. The van der Waals surface area contributed by atoms with Crippen LogP contribution in [0.5, 0.6) is 0 Å². The van der Waals surface area contributed by atoms with E-state index in [4.69, 9.17) is 8.42 Å². The predicted molar refractivity (Wildman–Crippen MR) is 18.6 cm³/mol. The van der Waals surface area contributed by atoms with Crippen molar-refractivity contribution in [2.24, 2.45) is 0 Å². The number of rotatable bonds is 1. The molecule has 5 heavy (non-hydrogen) atoms. The Balaban J connectivity index is 3.23. The summed E-state index contributed by atoms with van der Waals surface area (Å²) < 4.78 is 28.6. The van der Waals surface area contributed by atoms with E-state index in [1.807, 2.05) is 0 Å². The van der Waals surface area contributed by atoms with Crippen molar-refractivity contribution in [3.8, 4) is 0 Å². The third-order valence-corrected chi connectivity index (χ3v) is 0.293. The lowest BCUT2D eigenvalue weighted by atomic mass is 10.6. The molecule has 30 valence electrons. The highest BCUT2D eigenvalue weighted by Crippen LogP contribution is 1.53. The topological polar surface area (TPSA) is 34.1 Å². The summed E-state index contributed by atoms with van der Waals surface area (Å²) in [6.45, 7) is -1.24. The fourth-order valence-electron chi connectivity index (χ4n) is 0. The van der Waals surface area contributed by atoms with Gasteiger partial charge in [-0.15, -0.1) is 0 Å². The van der Waals surface area contributed by atoms with E-state index >= 15 is 0 Å². The summed E-state index contributed by atoms with van der Waals surface area (Å²) in [4.78, 5) is 0. The van der Waals surface area contributed by atoms with Gasteiger partial charge in [0.2, 0.25) is 0 Å². The monoisotopic (exact) mass is 96.0 g/mol. The summed E-state index contributed by atoms with van der Waals surface area (Å²) in [5, 5.41) is 0. The highest BCUT2D eigenvalue weighted by atomic mass is 32.2. The second-order valence-electron chi connectivity index (χ2n) is 0.452. The van der Waals surface area contributed by atoms with Crippen molar-refractivity contribution >= 4 is 17.4 Å². The van der Waals surface area contributed by atoms with Crippen molar-refractivity contribution < 1.29 is 12.7 Å². The summed E-state index contributed by atoms with van der Waals surface area (Å²) >= 11 is 0. The first kappa shape index (κ1) is 4.94. The van der Waals surface area contributed by atoms with Crippen molar-refractivity contribution in [2.75, 3.05) is 0 Å². The molecule has 0 amide bonds. The Morgan fingerprint density at radius 2 is 1.80 bits per heavy atom. The number of thiol groups is 1. The fraction of sp³-hybridized carbons (Fsp3) is 0. The number of halogens is 1. The van der Waals surface area contributed by atoms with Crippen LogP contribution in [0.25, 0.3) is 0 Å². The van der Waals surface area contributed by atoms with Crippen LogP contribution >= 0.6 is 0 Å². The molecule has 0 atom stereocenters. The summed E-state index contributed by atoms with van der Waals surface area (Å²) in [6, 6.07) is 0. The van der Waals surface area contributed by atoms with Crippen molar-refractivity contribution in [2.45, 2.75) is 0 Å². The number of hydrogen-bond acceptors (Lipinski definition) is 2. The van der Waals surface area contributed by atoms with Crippen molar-refractivity contribution in [1.29, 1.82) is 0 Å². The molecule has 0 aromatic rings. The van der Waals surface area contributed by atoms with E-state index in [1.165, 1.54) is 0 Å². The van der Waals surface area contributed by atoms with Crippen LogP contribution in [0.2, 0.25) is 0 Å². The summed E-state index contributed by atoms with van der Waals surface area (Å²) in [6.07, 6.45) is 0. The van der Waals surface area contributed by atoms with Gasteiger partial charge in [0.05, 0.1) is 0 Å². The van der Waals surface area contributed by atoms with Gasteiger partial charge in [-0.1, -0.05) is 0 Å². The SMILES string of the molecule is O=[SH](=O)BF. The van der Waals surface area contributed by atoms with Crippen molar-refractivity contribution in [1.82, 2.24) is 0 Å². The molecule has 0 rings (SSSR count). The zero-order valence-corrected chi connectivity index (χ0v) is 3.24. The molecule has 0 N–H and O–H groups in total. The second-order valence-corrected chi connectivity index (χ2v) is 1.36. The van der Waals surface area contributed by atoms with E-state index in [0.29, 0.717) is 0 Å². The summed E-state index contributed by atoms with van der Waals surface area (Å²) in [7, 11) is -2.76. The molecule has 0 bridgehead atoms. The van der Waals surface area contributed by atoms with Gasteiger partial charge in [0.25, 0.3) is 0 Å². The molecule has 0 aliphatic carbocycles. The van der Waals surface area contributed by atoms with Gasteiger partial charge in [-0.05, 0) is 0 Å². The smallest absolute Gasteiger partial charge is 0.318 e. The Labute approximate surface area is 31.1 Å². The molecule has 0 aliphatic rings. The van der Waals surface area contributed by atoms with Crippen molar-refractivity contribution in [3.05, 3.63) is 0 Å². The van der Waals surface area contributed by atoms with Crippen LogP contribution < -0.4 is 0 Å². The first-order chi connectivity index (χ1) is 2.27. The summed E-state index contributed by atoms with van der Waals surface area (Å²) in [5.41, 5.74) is 0. The molecule has 0 spiro atoms. The molecule has 2 nitrogen and oxygen atoms in total. The van der Waals surface area contributed by atoms with Crippen LogP contribution in [0.3, 0.4) is 0 Å². The maximum atomic E-state index is 10.5. The van der Waals surface area contributed by atoms with E-state index in [2.05, 4.69) is 0 Å². The van der Waals surface area contributed by atoms with Crippen LogP contribution in [-0.2, 0) is 10.6 Å². The molecular formula is H2BFO2S. The molecule has 0 unspecified atom stereocenters. The highest BCUT2D eigenvalue weighted by molar-refractivity contribution is 7.98. The zero-order chi connectivity index (χ0) is 4.28. The van der Waals surface area contributed by atoms with E-state index in [9.17, 15) is 4.32 Å². The Hall–Kier alpha value is -0.0551. The van der Waals surface area contributed by atoms with Crippen LogP contribution in [0.15, 0.2) is 0 Å². The standard InChI is InChI=1S/BFH2O2S/c2-1-5(3)4/h1,5H. The van der Waals surface area contributed by atoms with Crippen LogP contribution in [-0.4, -0.2) is 15.3 Å². The Kier molecular flexibility index (Phi) is 2.17. The Morgan fingerprint density at radius 3 is 1.80 bits per heavy atom. The van der Waals surface area contributed by atoms with Gasteiger partial charge in [0.15, 0.2) is 0 Å². The average molecular weight is 95.9 g/mol. The normalized spacial score (nSPS) is 8.40. The van der Waals surface area contributed by atoms with Gasteiger partial charge in [-0.3, -0.25) is 0 Å². The largest absolute Gasteiger partial charge is 0.465 e. The van der Waals surface area contributed by atoms with E-state index in [-0.39, 0.29) is 0 Å². The average Bonchev–Trinajstić information content (AvgIpc) is 1.38. The second kappa shape index (κ2) is 2.20. The third-order valence-electron chi connectivity index (χ3n) is 0.0976. The minimum absolute atomic E-state index is 1.24. The van der Waals surface area contributed by atoms with Crippen LogP contribution in [0.1, 0.15) is 0 Å². The van der Waals surface area contributed by atoms with Gasteiger partial charge in [-0.2, -0.15) is 0 Å². The van der Waals surface area contributed by atoms with Gasteiger partial charge in [0, 0.05) is 0 Å². The fourth-order valence-corrected chi connectivity index (χ4v) is 0. The maximum absolute atomic E-state index is 10.5. The molecule has 0 aromatic heterocycles. The molecule has 0 saturated carbocycles. The van der Waals surface area contributed by atoms with E-state index < -0.39 is 17.4 Å². The van der Waals surface area contributed by atoms with Crippen LogP contribution in [0, 0.1) is 0 Å². The molecule has 0 aromatic carbocycles. The molecular weight excluding hydrogens is 93.9 g/mol. The van der Waals surface area contributed by atoms with Crippen LogP contribution in [0.4, 0.5) is 4.32 Å². The first-order valence-corrected chi connectivity index (χ1v) is 2.31. The summed E-state index contributed by atoms with van der Waals surface area (Å²) in [5.74, 6) is 0.